The predicted molar refractivity (Wildman–Crippen MR) is 86.3 cm³/mol. The molecular weight excluding hydrogens is 309 g/mol. The van der Waals surface area contributed by atoms with E-state index < -0.39 is 0 Å². The van der Waals surface area contributed by atoms with E-state index in [1.165, 1.54) is 6.07 Å². The molecular formula is C17H16FN5O. The molecule has 0 spiro atoms. The second kappa shape index (κ2) is 6.99. The molecule has 0 fully saturated rings. The Morgan fingerprint density at radius 2 is 2.00 bits per heavy atom. The van der Waals surface area contributed by atoms with E-state index in [4.69, 9.17) is 0 Å². The van der Waals surface area contributed by atoms with Crippen LogP contribution in [-0.2, 0) is 11.2 Å². The number of halogens is 1. The standard InChI is InChI=1S/C17H16FN5O/c1-11(20-15(24)10-13-4-2-3-5-14(13)18)16-21-17(23-22-16)12-6-8-19-9-7-12/h2-9,11H,10H2,1H3,(H,20,24)(H,21,22,23)/t11-/m1/s1. The Morgan fingerprint density at radius 1 is 1.25 bits per heavy atom. The highest BCUT2D eigenvalue weighted by molar-refractivity contribution is 5.78. The van der Waals surface area contributed by atoms with E-state index in [-0.39, 0.29) is 24.2 Å². The largest absolute Gasteiger partial charge is 0.346 e. The number of carbonyl (C=O) groups is 1. The summed E-state index contributed by atoms with van der Waals surface area (Å²) >= 11 is 0. The number of nitrogens with one attached hydrogen (secondary N) is 2. The summed E-state index contributed by atoms with van der Waals surface area (Å²) in [6, 6.07) is 9.45. The molecule has 0 aliphatic carbocycles. The summed E-state index contributed by atoms with van der Waals surface area (Å²) in [5, 5.41) is 9.74. The van der Waals surface area contributed by atoms with Crippen LogP contribution in [0.4, 0.5) is 4.39 Å². The van der Waals surface area contributed by atoms with E-state index in [1.807, 2.05) is 0 Å². The van der Waals surface area contributed by atoms with Gasteiger partial charge in [0.2, 0.25) is 5.91 Å². The minimum Gasteiger partial charge on any atom is -0.346 e. The van der Waals surface area contributed by atoms with Gasteiger partial charge in [-0.15, -0.1) is 0 Å². The minimum absolute atomic E-state index is 0.0254. The molecule has 2 heterocycles. The zero-order chi connectivity index (χ0) is 16.9. The molecule has 1 amide bonds. The summed E-state index contributed by atoms with van der Waals surface area (Å²) in [4.78, 5) is 20.4. The van der Waals surface area contributed by atoms with E-state index in [9.17, 15) is 9.18 Å². The highest BCUT2D eigenvalue weighted by Crippen LogP contribution is 2.16. The van der Waals surface area contributed by atoms with Gasteiger partial charge in [0.25, 0.3) is 0 Å². The van der Waals surface area contributed by atoms with Gasteiger partial charge in [0.05, 0.1) is 12.5 Å². The van der Waals surface area contributed by atoms with Crippen molar-refractivity contribution in [2.75, 3.05) is 0 Å². The SMILES string of the molecule is C[C@@H](NC(=O)Cc1ccccc1F)c1nc(-c2ccncc2)n[nH]1. The summed E-state index contributed by atoms with van der Waals surface area (Å²) in [6.07, 6.45) is 3.29. The lowest BCUT2D eigenvalue weighted by Gasteiger charge is -2.11. The summed E-state index contributed by atoms with van der Waals surface area (Å²) in [7, 11) is 0. The number of pyridine rings is 1. The van der Waals surface area contributed by atoms with Crippen LogP contribution in [0.1, 0.15) is 24.4 Å². The number of nitrogens with zero attached hydrogens (tertiary/aromatic N) is 3. The molecule has 6 nitrogen and oxygen atoms in total. The first-order chi connectivity index (χ1) is 11.6. The second-order valence-corrected chi connectivity index (χ2v) is 5.34. The third kappa shape index (κ3) is 3.62. The fourth-order valence-electron chi connectivity index (χ4n) is 2.27. The number of aromatic amines is 1. The summed E-state index contributed by atoms with van der Waals surface area (Å²) < 4.78 is 13.6. The maximum absolute atomic E-state index is 13.6. The van der Waals surface area contributed by atoms with Crippen molar-refractivity contribution in [1.82, 2.24) is 25.5 Å². The molecule has 0 saturated carbocycles. The van der Waals surface area contributed by atoms with Crippen LogP contribution >= 0.6 is 0 Å². The first-order valence-corrected chi connectivity index (χ1v) is 7.49. The monoisotopic (exact) mass is 325 g/mol. The molecule has 0 saturated heterocycles. The average Bonchev–Trinajstić information content (AvgIpc) is 3.08. The molecule has 2 aromatic heterocycles. The fraction of sp³-hybridized carbons (Fsp3) is 0.176. The van der Waals surface area contributed by atoms with Crippen LogP contribution in [0, 0.1) is 5.82 Å². The molecule has 1 aromatic carbocycles. The van der Waals surface area contributed by atoms with Crippen molar-refractivity contribution in [3.8, 4) is 11.4 Å². The first kappa shape index (κ1) is 15.8. The third-order valence-electron chi connectivity index (χ3n) is 3.54. The highest BCUT2D eigenvalue weighted by atomic mass is 19.1. The van der Waals surface area contributed by atoms with Gasteiger partial charge in [-0.1, -0.05) is 18.2 Å². The summed E-state index contributed by atoms with van der Waals surface area (Å²) in [5.74, 6) is 0.390. The first-order valence-electron chi connectivity index (χ1n) is 7.49. The van der Waals surface area contributed by atoms with Gasteiger partial charge in [-0.3, -0.25) is 14.9 Å². The number of hydrogen-bond donors (Lipinski definition) is 2. The third-order valence-corrected chi connectivity index (χ3v) is 3.54. The Balaban J connectivity index is 1.65. The molecule has 1 atom stereocenters. The normalized spacial score (nSPS) is 11.9. The zero-order valence-electron chi connectivity index (χ0n) is 13.0. The van der Waals surface area contributed by atoms with Crippen LogP contribution in [0.3, 0.4) is 0 Å². The van der Waals surface area contributed by atoms with Gasteiger partial charge in [-0.25, -0.2) is 9.37 Å². The van der Waals surface area contributed by atoms with E-state index in [2.05, 4.69) is 25.5 Å². The molecule has 0 aliphatic rings. The summed E-state index contributed by atoms with van der Waals surface area (Å²) in [6.45, 7) is 1.79. The van der Waals surface area contributed by atoms with Gasteiger partial charge in [-0.05, 0) is 30.7 Å². The molecule has 0 bridgehead atoms. The van der Waals surface area contributed by atoms with Crippen LogP contribution in [-0.4, -0.2) is 26.1 Å². The number of H-pyrrole nitrogens is 1. The van der Waals surface area contributed by atoms with Crippen molar-refractivity contribution in [1.29, 1.82) is 0 Å². The van der Waals surface area contributed by atoms with Crippen LogP contribution in [0.25, 0.3) is 11.4 Å². The number of benzene rings is 1. The van der Waals surface area contributed by atoms with Crippen LogP contribution in [0.5, 0.6) is 0 Å². The van der Waals surface area contributed by atoms with Crippen molar-refractivity contribution >= 4 is 5.91 Å². The Morgan fingerprint density at radius 3 is 2.75 bits per heavy atom. The number of amides is 1. The smallest absolute Gasteiger partial charge is 0.225 e. The number of rotatable bonds is 5. The Hall–Kier alpha value is -3.09. The van der Waals surface area contributed by atoms with Gasteiger partial charge < -0.3 is 5.32 Å². The molecule has 3 aromatic rings. The lowest BCUT2D eigenvalue weighted by atomic mass is 10.1. The predicted octanol–water partition coefficient (Wildman–Crippen LogP) is 2.43. The Bertz CT molecular complexity index is 834. The molecule has 0 radical (unpaired) electrons. The molecule has 3 rings (SSSR count). The topological polar surface area (TPSA) is 83.6 Å². The van der Waals surface area contributed by atoms with Crippen molar-refractivity contribution in [3.63, 3.8) is 0 Å². The average molecular weight is 325 g/mol. The van der Waals surface area contributed by atoms with Crippen LogP contribution in [0.15, 0.2) is 48.8 Å². The fourth-order valence-corrected chi connectivity index (χ4v) is 2.27. The number of carbonyl (C=O) groups excluding carboxylic acids is 1. The van der Waals surface area contributed by atoms with Crippen LogP contribution in [0.2, 0.25) is 0 Å². The molecule has 7 heteroatoms. The maximum Gasteiger partial charge on any atom is 0.225 e. The molecule has 0 aliphatic heterocycles. The lowest BCUT2D eigenvalue weighted by Crippen LogP contribution is -2.29. The van der Waals surface area contributed by atoms with E-state index in [1.54, 1.807) is 49.6 Å². The van der Waals surface area contributed by atoms with Gasteiger partial charge in [-0.2, -0.15) is 5.10 Å². The lowest BCUT2D eigenvalue weighted by molar-refractivity contribution is -0.121. The van der Waals surface area contributed by atoms with Gasteiger partial charge >= 0.3 is 0 Å². The number of aromatic nitrogens is 4. The molecule has 122 valence electrons. The number of hydrogen-bond acceptors (Lipinski definition) is 4. The quantitative estimate of drug-likeness (QED) is 0.754. The van der Waals surface area contributed by atoms with E-state index in [0.717, 1.165) is 5.56 Å². The molecule has 24 heavy (non-hydrogen) atoms. The highest BCUT2D eigenvalue weighted by Gasteiger charge is 2.16. The molecule has 0 unspecified atom stereocenters. The Kier molecular flexibility index (Phi) is 4.60. The van der Waals surface area contributed by atoms with Gasteiger partial charge in [0, 0.05) is 18.0 Å². The van der Waals surface area contributed by atoms with Crippen molar-refractivity contribution in [2.45, 2.75) is 19.4 Å². The van der Waals surface area contributed by atoms with Gasteiger partial charge in [0.15, 0.2) is 5.82 Å². The van der Waals surface area contributed by atoms with Crippen LogP contribution < -0.4 is 5.32 Å². The maximum atomic E-state index is 13.6. The van der Waals surface area contributed by atoms with E-state index in [0.29, 0.717) is 17.2 Å². The van der Waals surface area contributed by atoms with Crippen molar-refractivity contribution in [2.24, 2.45) is 0 Å². The van der Waals surface area contributed by atoms with Crippen molar-refractivity contribution in [3.05, 3.63) is 66.0 Å². The minimum atomic E-state index is -0.389. The van der Waals surface area contributed by atoms with Gasteiger partial charge in [0.1, 0.15) is 11.6 Å². The molecule has 2 N–H and O–H groups in total. The zero-order valence-corrected chi connectivity index (χ0v) is 13.0. The second-order valence-electron chi connectivity index (χ2n) is 5.34. The van der Waals surface area contributed by atoms with E-state index >= 15 is 0 Å². The Labute approximate surface area is 138 Å². The van der Waals surface area contributed by atoms with Crippen molar-refractivity contribution < 1.29 is 9.18 Å². The summed E-state index contributed by atoms with van der Waals surface area (Å²) in [5.41, 5.74) is 1.19.